The van der Waals surface area contributed by atoms with Gasteiger partial charge in [0.15, 0.2) is 0 Å². The van der Waals surface area contributed by atoms with Gasteiger partial charge in [-0.05, 0) is 45.0 Å². The Balaban J connectivity index is 2.37. The monoisotopic (exact) mass is 337 g/mol. The maximum atomic E-state index is 14.1. The number of nitrogens with zero attached hydrogens (tertiary/aromatic N) is 1. The molecule has 0 saturated heterocycles. The fourth-order valence-electron chi connectivity index (χ4n) is 3.58. The zero-order chi connectivity index (χ0) is 17.7. The van der Waals surface area contributed by atoms with E-state index >= 15 is 0 Å². The number of carbonyl (C=O) groups is 2. The highest BCUT2D eigenvalue weighted by molar-refractivity contribution is 6.28. The van der Waals surface area contributed by atoms with Crippen LogP contribution in [0.2, 0.25) is 0 Å². The summed E-state index contributed by atoms with van der Waals surface area (Å²) in [4.78, 5) is 24.8. The number of hydrogen-bond donors (Lipinski definition) is 1. The van der Waals surface area contributed by atoms with Gasteiger partial charge < -0.3 is 14.7 Å². The molecule has 1 aromatic carbocycles. The Morgan fingerprint density at radius 3 is 2.67 bits per heavy atom. The summed E-state index contributed by atoms with van der Waals surface area (Å²) in [7, 11) is 3.84. The molecular formula is C18H24FNO4. The van der Waals surface area contributed by atoms with Crippen molar-refractivity contribution in [1.82, 2.24) is 4.90 Å². The van der Waals surface area contributed by atoms with Gasteiger partial charge in [0.1, 0.15) is 11.4 Å². The second kappa shape index (κ2) is 7.75. The minimum Gasteiger partial charge on any atom is -0.473 e. The number of aliphatic carboxylic acids is 1. The maximum Gasteiger partial charge on any atom is 0.417 e. The molecule has 2 rings (SSSR count). The van der Waals surface area contributed by atoms with E-state index in [-0.39, 0.29) is 18.2 Å². The second-order valence-electron chi connectivity index (χ2n) is 6.73. The summed E-state index contributed by atoms with van der Waals surface area (Å²) in [6.45, 7) is 0.654. The summed E-state index contributed by atoms with van der Waals surface area (Å²) in [5, 5.41) is 8.96. The van der Waals surface area contributed by atoms with Crippen LogP contribution in [-0.2, 0) is 20.7 Å². The van der Waals surface area contributed by atoms with Gasteiger partial charge in [-0.3, -0.25) is 0 Å². The fraction of sp³-hybridized carbons (Fsp3) is 0.556. The number of esters is 1. The number of ether oxygens (including phenoxy) is 1. The third kappa shape index (κ3) is 4.32. The van der Waals surface area contributed by atoms with E-state index in [1.807, 2.05) is 19.0 Å². The minimum atomic E-state index is -1.61. The molecule has 1 saturated carbocycles. The van der Waals surface area contributed by atoms with Gasteiger partial charge in [0, 0.05) is 18.9 Å². The Hall–Kier alpha value is -1.95. The molecule has 0 amide bonds. The van der Waals surface area contributed by atoms with Crippen LogP contribution in [0.15, 0.2) is 24.3 Å². The van der Waals surface area contributed by atoms with E-state index in [4.69, 9.17) is 9.84 Å². The third-order valence-corrected chi connectivity index (χ3v) is 4.65. The molecule has 2 unspecified atom stereocenters. The Kier molecular flexibility index (Phi) is 5.94. The quantitative estimate of drug-likeness (QED) is 0.660. The summed E-state index contributed by atoms with van der Waals surface area (Å²) in [6.07, 6.45) is 3.36. The highest BCUT2D eigenvalue weighted by Crippen LogP contribution is 2.40. The lowest BCUT2D eigenvalue weighted by Crippen LogP contribution is -2.51. The van der Waals surface area contributed by atoms with Crippen LogP contribution in [0.5, 0.6) is 0 Å². The molecule has 0 aliphatic heterocycles. The summed E-state index contributed by atoms with van der Waals surface area (Å²) in [5.41, 5.74) is -0.540. The smallest absolute Gasteiger partial charge is 0.417 e. The number of carboxylic acid groups (broad SMARTS) is 1. The largest absolute Gasteiger partial charge is 0.473 e. The van der Waals surface area contributed by atoms with Crippen LogP contribution in [0.1, 0.15) is 31.2 Å². The van der Waals surface area contributed by atoms with E-state index in [9.17, 15) is 14.0 Å². The second-order valence-corrected chi connectivity index (χ2v) is 6.73. The zero-order valence-electron chi connectivity index (χ0n) is 14.1. The van der Waals surface area contributed by atoms with Gasteiger partial charge in [0.05, 0.1) is 0 Å². The Bertz CT molecular complexity index is 604. The van der Waals surface area contributed by atoms with Crippen LogP contribution in [-0.4, -0.2) is 48.2 Å². The molecule has 6 heteroatoms. The van der Waals surface area contributed by atoms with Gasteiger partial charge in [-0.15, -0.1) is 0 Å². The van der Waals surface area contributed by atoms with Crippen molar-refractivity contribution in [1.29, 1.82) is 0 Å². The molecule has 24 heavy (non-hydrogen) atoms. The molecule has 1 aliphatic rings. The predicted octanol–water partition coefficient (Wildman–Crippen LogP) is 2.49. The number of hydrogen-bond acceptors (Lipinski definition) is 4. The lowest BCUT2D eigenvalue weighted by atomic mass is 9.71. The molecule has 1 aliphatic carbocycles. The molecule has 1 fully saturated rings. The van der Waals surface area contributed by atoms with Gasteiger partial charge in [-0.25, -0.2) is 14.0 Å². The Labute approximate surface area is 141 Å². The number of rotatable bonds is 5. The van der Waals surface area contributed by atoms with Crippen molar-refractivity contribution in [2.24, 2.45) is 5.92 Å². The van der Waals surface area contributed by atoms with Crippen molar-refractivity contribution in [3.05, 3.63) is 35.6 Å². The lowest BCUT2D eigenvalue weighted by Gasteiger charge is -2.44. The Morgan fingerprint density at radius 2 is 2.04 bits per heavy atom. The summed E-state index contributed by atoms with van der Waals surface area (Å²) in [6, 6.07) is 6.36. The van der Waals surface area contributed by atoms with Gasteiger partial charge >= 0.3 is 11.9 Å². The number of carboxylic acids is 1. The van der Waals surface area contributed by atoms with Crippen LogP contribution in [0.3, 0.4) is 0 Å². The average molecular weight is 337 g/mol. The number of benzene rings is 1. The van der Waals surface area contributed by atoms with Gasteiger partial charge in [0.2, 0.25) is 0 Å². The molecule has 5 nitrogen and oxygen atoms in total. The van der Waals surface area contributed by atoms with Gasteiger partial charge in [-0.1, -0.05) is 24.6 Å². The van der Waals surface area contributed by atoms with Crippen molar-refractivity contribution in [2.45, 2.75) is 37.7 Å². The molecule has 1 aromatic rings. The first-order valence-electron chi connectivity index (χ1n) is 8.18. The van der Waals surface area contributed by atoms with Crippen LogP contribution in [0.25, 0.3) is 0 Å². The molecule has 0 bridgehead atoms. The predicted molar refractivity (Wildman–Crippen MR) is 87.1 cm³/mol. The third-order valence-electron chi connectivity index (χ3n) is 4.65. The van der Waals surface area contributed by atoms with Crippen molar-refractivity contribution in [2.75, 3.05) is 20.6 Å². The van der Waals surface area contributed by atoms with Crippen LogP contribution >= 0.6 is 0 Å². The topological polar surface area (TPSA) is 66.8 Å². The molecule has 0 heterocycles. The Morgan fingerprint density at radius 1 is 1.33 bits per heavy atom. The number of carbonyl (C=O) groups excluding carboxylic acids is 1. The number of halogens is 1. The zero-order valence-corrected chi connectivity index (χ0v) is 14.1. The van der Waals surface area contributed by atoms with E-state index in [2.05, 4.69) is 0 Å². The molecule has 2 atom stereocenters. The summed E-state index contributed by atoms with van der Waals surface area (Å²) < 4.78 is 19.6. The molecule has 0 aromatic heterocycles. The van der Waals surface area contributed by atoms with Gasteiger partial charge in [0.25, 0.3) is 0 Å². The summed E-state index contributed by atoms with van der Waals surface area (Å²) >= 11 is 0. The van der Waals surface area contributed by atoms with E-state index in [1.54, 1.807) is 18.2 Å². The molecule has 132 valence electrons. The first-order chi connectivity index (χ1) is 11.3. The molecule has 1 N–H and O–H groups in total. The molecular weight excluding hydrogens is 313 g/mol. The van der Waals surface area contributed by atoms with E-state index < -0.39 is 17.5 Å². The SMILES string of the molecule is CN(C)CC1CCCCC1(Cc1ccccc1F)OC(=O)C(=O)O. The normalized spacial score (nSPS) is 23.9. The molecule has 0 spiro atoms. The van der Waals surface area contributed by atoms with Gasteiger partial charge in [-0.2, -0.15) is 0 Å². The average Bonchev–Trinajstić information content (AvgIpc) is 2.51. The van der Waals surface area contributed by atoms with Crippen molar-refractivity contribution < 1.29 is 23.8 Å². The van der Waals surface area contributed by atoms with Crippen LogP contribution in [0.4, 0.5) is 4.39 Å². The summed E-state index contributed by atoms with van der Waals surface area (Å²) in [5.74, 6) is -3.28. The highest BCUT2D eigenvalue weighted by Gasteiger charge is 2.45. The van der Waals surface area contributed by atoms with Crippen LogP contribution < -0.4 is 0 Å². The fourth-order valence-corrected chi connectivity index (χ4v) is 3.58. The first-order valence-corrected chi connectivity index (χ1v) is 8.18. The van der Waals surface area contributed by atoms with Crippen molar-refractivity contribution in [3.63, 3.8) is 0 Å². The van der Waals surface area contributed by atoms with Crippen LogP contribution in [0, 0.1) is 11.7 Å². The molecule has 0 radical (unpaired) electrons. The first kappa shape index (κ1) is 18.4. The lowest BCUT2D eigenvalue weighted by molar-refractivity contribution is -0.183. The van der Waals surface area contributed by atoms with Crippen molar-refractivity contribution in [3.8, 4) is 0 Å². The highest BCUT2D eigenvalue weighted by atomic mass is 19.1. The van der Waals surface area contributed by atoms with E-state index in [0.717, 1.165) is 19.3 Å². The van der Waals surface area contributed by atoms with E-state index in [0.29, 0.717) is 18.5 Å². The minimum absolute atomic E-state index is 0.0378. The van der Waals surface area contributed by atoms with Crippen molar-refractivity contribution >= 4 is 11.9 Å². The van der Waals surface area contributed by atoms with E-state index in [1.165, 1.54) is 6.07 Å². The standard InChI is InChI=1S/C18H24FNO4/c1-20(2)12-14-8-5-6-10-18(14,24-17(23)16(21)22)11-13-7-3-4-9-15(13)19/h3-4,7,9,14H,5-6,8,10-12H2,1-2H3,(H,21,22). The maximum absolute atomic E-state index is 14.1.